The van der Waals surface area contributed by atoms with Crippen molar-refractivity contribution in [3.05, 3.63) is 35.6 Å². The molecule has 1 aromatic rings. The fourth-order valence-electron chi connectivity index (χ4n) is 3.05. The molecule has 1 unspecified atom stereocenters. The number of amides is 1. The van der Waals surface area contributed by atoms with Crippen LogP contribution in [0, 0.1) is 11.7 Å². The lowest BCUT2D eigenvalue weighted by atomic mass is 9.90. The molecule has 0 aromatic heterocycles. The summed E-state index contributed by atoms with van der Waals surface area (Å²) in [7, 11) is -3.11. The van der Waals surface area contributed by atoms with Gasteiger partial charge in [-0.25, -0.2) is 12.8 Å². The molecule has 0 spiro atoms. The molecule has 1 amide bonds. The van der Waals surface area contributed by atoms with Gasteiger partial charge in [-0.2, -0.15) is 0 Å². The van der Waals surface area contributed by atoms with Crippen LogP contribution >= 0.6 is 12.4 Å². The molecular formula is C17H26ClFN2O3S. The highest BCUT2D eigenvalue weighted by Crippen LogP contribution is 2.22. The van der Waals surface area contributed by atoms with Crippen molar-refractivity contribution < 1.29 is 17.6 Å². The standard InChI is InChI=1S/C17H25FN2O3S.ClH/c1-24(22,23)10-7-16(19)17(21)20-8-5-13(6-9-20)11-14-3-2-4-15(18)12-14;/h2-4,12-13,16H,5-11,19H2,1H3;1H. The van der Waals surface area contributed by atoms with E-state index < -0.39 is 15.9 Å². The van der Waals surface area contributed by atoms with E-state index >= 15 is 0 Å². The summed E-state index contributed by atoms with van der Waals surface area (Å²) in [6, 6.07) is 5.85. The Morgan fingerprint density at radius 1 is 1.36 bits per heavy atom. The van der Waals surface area contributed by atoms with Crippen LogP contribution in [0.25, 0.3) is 0 Å². The molecule has 2 rings (SSSR count). The van der Waals surface area contributed by atoms with Gasteiger partial charge in [-0.15, -0.1) is 12.4 Å². The molecule has 8 heteroatoms. The summed E-state index contributed by atoms with van der Waals surface area (Å²) in [4.78, 5) is 14.0. The molecule has 25 heavy (non-hydrogen) atoms. The summed E-state index contributed by atoms with van der Waals surface area (Å²) >= 11 is 0. The van der Waals surface area contributed by atoms with E-state index in [9.17, 15) is 17.6 Å². The number of hydrogen-bond donors (Lipinski definition) is 1. The molecule has 5 nitrogen and oxygen atoms in total. The maximum atomic E-state index is 13.2. The minimum absolute atomic E-state index is 0. The monoisotopic (exact) mass is 392 g/mol. The lowest BCUT2D eigenvalue weighted by molar-refractivity contribution is -0.134. The summed E-state index contributed by atoms with van der Waals surface area (Å²) < 4.78 is 35.6. The number of sulfone groups is 1. The number of carbonyl (C=O) groups is 1. The van der Waals surface area contributed by atoms with E-state index in [0.29, 0.717) is 19.0 Å². The van der Waals surface area contributed by atoms with Gasteiger partial charge in [0.1, 0.15) is 15.7 Å². The summed E-state index contributed by atoms with van der Waals surface area (Å²) in [6.07, 6.45) is 3.80. The second-order valence-electron chi connectivity index (χ2n) is 6.63. The number of carbonyl (C=O) groups excluding carboxylic acids is 1. The molecule has 0 saturated carbocycles. The molecular weight excluding hydrogens is 367 g/mol. The Kier molecular flexibility index (Phi) is 8.31. The highest BCUT2D eigenvalue weighted by Gasteiger charge is 2.26. The summed E-state index contributed by atoms with van der Waals surface area (Å²) in [5, 5.41) is 0. The molecule has 0 bridgehead atoms. The third-order valence-corrected chi connectivity index (χ3v) is 5.43. The third kappa shape index (κ3) is 7.30. The predicted octanol–water partition coefficient (Wildman–Crippen LogP) is 1.79. The van der Waals surface area contributed by atoms with Crippen molar-refractivity contribution in [2.75, 3.05) is 25.1 Å². The molecule has 1 atom stereocenters. The Hall–Kier alpha value is -1.18. The van der Waals surface area contributed by atoms with Crippen molar-refractivity contribution in [2.24, 2.45) is 11.7 Å². The molecule has 0 aliphatic carbocycles. The molecule has 2 N–H and O–H groups in total. The smallest absolute Gasteiger partial charge is 0.239 e. The van der Waals surface area contributed by atoms with E-state index in [1.807, 2.05) is 6.07 Å². The van der Waals surface area contributed by atoms with Gasteiger partial charge in [-0.1, -0.05) is 12.1 Å². The zero-order chi connectivity index (χ0) is 17.7. The van der Waals surface area contributed by atoms with Crippen LogP contribution in [-0.2, 0) is 21.1 Å². The molecule has 142 valence electrons. The van der Waals surface area contributed by atoms with Crippen LogP contribution in [0.5, 0.6) is 0 Å². The first-order valence-corrected chi connectivity index (χ1v) is 10.3. The Morgan fingerprint density at radius 2 is 2.00 bits per heavy atom. The predicted molar refractivity (Wildman–Crippen MR) is 99.0 cm³/mol. The van der Waals surface area contributed by atoms with Crippen molar-refractivity contribution in [3.63, 3.8) is 0 Å². The van der Waals surface area contributed by atoms with Gasteiger partial charge in [0.05, 0.1) is 11.8 Å². The average molecular weight is 393 g/mol. The molecule has 1 saturated heterocycles. The normalized spacial score (nSPS) is 17.0. The number of halogens is 2. The number of likely N-dealkylation sites (tertiary alicyclic amines) is 1. The van der Waals surface area contributed by atoms with E-state index in [1.54, 1.807) is 17.0 Å². The van der Waals surface area contributed by atoms with Crippen LogP contribution < -0.4 is 5.73 Å². The minimum Gasteiger partial charge on any atom is -0.341 e. The maximum Gasteiger partial charge on any atom is 0.239 e. The molecule has 1 heterocycles. The SMILES string of the molecule is CS(=O)(=O)CCC(N)C(=O)N1CCC(Cc2cccc(F)c2)CC1.Cl. The first kappa shape index (κ1) is 21.9. The second-order valence-corrected chi connectivity index (χ2v) is 8.89. The number of hydrogen-bond acceptors (Lipinski definition) is 4. The van der Waals surface area contributed by atoms with Gasteiger partial charge in [0, 0.05) is 19.3 Å². The molecule has 0 radical (unpaired) electrons. The lowest BCUT2D eigenvalue weighted by Crippen LogP contribution is -2.47. The summed E-state index contributed by atoms with van der Waals surface area (Å²) in [5.41, 5.74) is 6.81. The van der Waals surface area contributed by atoms with Crippen LogP contribution in [0.2, 0.25) is 0 Å². The molecule has 1 aliphatic rings. The van der Waals surface area contributed by atoms with Gasteiger partial charge in [-0.05, 0) is 49.3 Å². The van der Waals surface area contributed by atoms with Gasteiger partial charge in [0.25, 0.3) is 0 Å². The molecule has 1 aromatic carbocycles. The van der Waals surface area contributed by atoms with Crippen LogP contribution in [0.3, 0.4) is 0 Å². The fraction of sp³-hybridized carbons (Fsp3) is 0.588. The topological polar surface area (TPSA) is 80.5 Å². The van der Waals surface area contributed by atoms with Crippen molar-refractivity contribution in [1.29, 1.82) is 0 Å². The van der Waals surface area contributed by atoms with Crippen LogP contribution in [-0.4, -0.2) is 50.4 Å². The van der Waals surface area contributed by atoms with Crippen LogP contribution in [0.15, 0.2) is 24.3 Å². The Bertz CT molecular complexity index is 676. The van der Waals surface area contributed by atoms with Crippen LogP contribution in [0.1, 0.15) is 24.8 Å². The Morgan fingerprint density at radius 3 is 2.56 bits per heavy atom. The zero-order valence-electron chi connectivity index (χ0n) is 14.4. The lowest BCUT2D eigenvalue weighted by Gasteiger charge is -2.33. The van der Waals surface area contributed by atoms with Gasteiger partial charge in [-0.3, -0.25) is 4.79 Å². The first-order chi connectivity index (χ1) is 11.2. The van der Waals surface area contributed by atoms with E-state index in [1.165, 1.54) is 6.07 Å². The van der Waals surface area contributed by atoms with Gasteiger partial charge < -0.3 is 10.6 Å². The second kappa shape index (κ2) is 9.50. The van der Waals surface area contributed by atoms with Crippen LogP contribution in [0.4, 0.5) is 4.39 Å². The van der Waals surface area contributed by atoms with Crippen molar-refractivity contribution >= 4 is 28.2 Å². The van der Waals surface area contributed by atoms with E-state index in [-0.39, 0.29) is 36.3 Å². The van der Waals surface area contributed by atoms with Crippen molar-refractivity contribution in [3.8, 4) is 0 Å². The Labute approximate surface area is 155 Å². The number of benzene rings is 1. The highest BCUT2D eigenvalue weighted by atomic mass is 35.5. The van der Waals surface area contributed by atoms with Gasteiger partial charge >= 0.3 is 0 Å². The van der Waals surface area contributed by atoms with E-state index in [4.69, 9.17) is 5.73 Å². The van der Waals surface area contributed by atoms with Crippen molar-refractivity contribution in [2.45, 2.75) is 31.7 Å². The number of nitrogens with two attached hydrogens (primary N) is 1. The average Bonchev–Trinajstić information content (AvgIpc) is 2.52. The Balaban J connectivity index is 0.00000312. The maximum absolute atomic E-state index is 13.2. The number of piperidine rings is 1. The van der Waals surface area contributed by atoms with Crippen molar-refractivity contribution in [1.82, 2.24) is 4.90 Å². The zero-order valence-corrected chi connectivity index (χ0v) is 16.0. The van der Waals surface area contributed by atoms with E-state index in [2.05, 4.69) is 0 Å². The quantitative estimate of drug-likeness (QED) is 0.800. The minimum atomic E-state index is -3.11. The largest absolute Gasteiger partial charge is 0.341 e. The summed E-state index contributed by atoms with van der Waals surface area (Å²) in [5.74, 6) is -0.0569. The number of rotatable bonds is 6. The molecule has 1 fully saturated rings. The van der Waals surface area contributed by atoms with Gasteiger partial charge in [0.15, 0.2) is 0 Å². The fourth-order valence-corrected chi connectivity index (χ4v) is 3.74. The van der Waals surface area contributed by atoms with E-state index in [0.717, 1.165) is 31.1 Å². The third-order valence-electron chi connectivity index (χ3n) is 4.46. The number of nitrogens with zero attached hydrogens (tertiary/aromatic N) is 1. The van der Waals surface area contributed by atoms with Gasteiger partial charge in [0.2, 0.25) is 5.91 Å². The molecule has 1 aliphatic heterocycles. The summed E-state index contributed by atoms with van der Waals surface area (Å²) in [6.45, 7) is 1.23. The highest BCUT2D eigenvalue weighted by molar-refractivity contribution is 7.90. The first-order valence-electron chi connectivity index (χ1n) is 8.21.